The van der Waals surface area contributed by atoms with Gasteiger partial charge in [-0.15, -0.1) is 12.4 Å². The van der Waals surface area contributed by atoms with Gasteiger partial charge in [0.1, 0.15) is 0 Å². The summed E-state index contributed by atoms with van der Waals surface area (Å²) >= 11 is 0. The average molecular weight is 152 g/mol. The highest BCUT2D eigenvalue weighted by atomic mass is 35.5. The van der Waals surface area contributed by atoms with Crippen molar-refractivity contribution in [3.05, 3.63) is 0 Å². The fourth-order valence-corrected chi connectivity index (χ4v) is 1.03. The van der Waals surface area contributed by atoms with Gasteiger partial charge >= 0.3 is 0 Å². The van der Waals surface area contributed by atoms with Gasteiger partial charge in [0.15, 0.2) is 0 Å². The van der Waals surface area contributed by atoms with Crippen molar-refractivity contribution in [2.75, 3.05) is 20.2 Å². The molecule has 1 unspecified atom stereocenters. The first-order valence-electron chi connectivity index (χ1n) is 3.19. The second kappa shape index (κ2) is 5.03. The number of hydrogen-bond acceptors (Lipinski definition) is 2. The summed E-state index contributed by atoms with van der Waals surface area (Å²) in [4.78, 5) is 0. The van der Waals surface area contributed by atoms with E-state index in [-0.39, 0.29) is 12.4 Å². The number of nitrogens with one attached hydrogen (secondary N) is 1. The lowest BCUT2D eigenvalue weighted by atomic mass is 10.2. The van der Waals surface area contributed by atoms with Crippen molar-refractivity contribution in [3.8, 4) is 0 Å². The maximum absolute atomic E-state index is 5.33. The lowest BCUT2D eigenvalue weighted by molar-refractivity contribution is 0.112. The fraction of sp³-hybridized carbons (Fsp3) is 1.00. The van der Waals surface area contributed by atoms with Gasteiger partial charge in [-0.3, -0.25) is 0 Å². The van der Waals surface area contributed by atoms with Gasteiger partial charge < -0.3 is 10.1 Å². The fourth-order valence-electron chi connectivity index (χ4n) is 1.03. The topological polar surface area (TPSA) is 21.3 Å². The number of halogens is 1. The zero-order chi connectivity index (χ0) is 5.82. The Morgan fingerprint density at radius 1 is 1.67 bits per heavy atom. The molecule has 0 aromatic carbocycles. The Morgan fingerprint density at radius 3 is 2.89 bits per heavy atom. The molecule has 0 aromatic rings. The van der Waals surface area contributed by atoms with Crippen LogP contribution in [0.4, 0.5) is 0 Å². The van der Waals surface area contributed by atoms with E-state index in [0.29, 0.717) is 6.10 Å². The highest BCUT2D eigenvalue weighted by Gasteiger charge is 2.12. The van der Waals surface area contributed by atoms with Crippen molar-refractivity contribution in [1.82, 2.24) is 5.32 Å². The van der Waals surface area contributed by atoms with Crippen molar-refractivity contribution in [2.24, 2.45) is 0 Å². The van der Waals surface area contributed by atoms with Crippen molar-refractivity contribution in [1.29, 1.82) is 0 Å². The lowest BCUT2D eigenvalue weighted by Gasteiger charge is -2.05. The van der Waals surface area contributed by atoms with E-state index in [0.717, 1.165) is 13.2 Å². The van der Waals surface area contributed by atoms with Crippen LogP contribution in [0.5, 0.6) is 0 Å². The van der Waals surface area contributed by atoms with Gasteiger partial charge in [-0.2, -0.15) is 0 Å². The second-order valence-electron chi connectivity index (χ2n) is 2.19. The molecule has 0 aliphatic carbocycles. The van der Waals surface area contributed by atoms with Crippen LogP contribution in [0.25, 0.3) is 0 Å². The van der Waals surface area contributed by atoms with Crippen LogP contribution in [0.3, 0.4) is 0 Å². The van der Waals surface area contributed by atoms with Gasteiger partial charge in [0.05, 0.1) is 6.10 Å². The normalized spacial score (nSPS) is 25.7. The molecule has 1 rings (SSSR count). The zero-order valence-corrected chi connectivity index (χ0v) is 6.54. The van der Waals surface area contributed by atoms with Crippen LogP contribution in [-0.2, 0) is 4.74 Å². The van der Waals surface area contributed by atoms with Gasteiger partial charge in [0, 0.05) is 13.2 Å². The molecule has 2 nitrogen and oxygen atoms in total. The summed E-state index contributed by atoms with van der Waals surface area (Å²) in [5.41, 5.74) is 0. The maximum atomic E-state index is 5.33. The number of rotatable bonds is 2. The third kappa shape index (κ3) is 3.04. The number of likely N-dealkylation sites (N-methyl/N-ethyl adjacent to an activating group) is 1. The number of hydrogen-bond donors (Lipinski definition) is 1. The van der Waals surface area contributed by atoms with Crippen LogP contribution in [0.15, 0.2) is 0 Å². The van der Waals surface area contributed by atoms with Gasteiger partial charge in [-0.1, -0.05) is 0 Å². The monoisotopic (exact) mass is 151 g/mol. The highest BCUT2D eigenvalue weighted by Crippen LogP contribution is 2.09. The molecule has 0 bridgehead atoms. The third-order valence-corrected chi connectivity index (χ3v) is 1.46. The summed E-state index contributed by atoms with van der Waals surface area (Å²) in [5, 5.41) is 3.08. The summed E-state index contributed by atoms with van der Waals surface area (Å²) in [5.74, 6) is 0. The molecule has 1 fully saturated rings. The molecule has 1 aliphatic rings. The quantitative estimate of drug-likeness (QED) is 0.631. The van der Waals surface area contributed by atoms with Crippen molar-refractivity contribution in [3.63, 3.8) is 0 Å². The Bertz CT molecular complexity index is 64.1. The molecule has 1 atom stereocenters. The average Bonchev–Trinajstić information content (AvgIpc) is 2.19. The molecular weight excluding hydrogens is 138 g/mol. The highest BCUT2D eigenvalue weighted by molar-refractivity contribution is 5.85. The minimum atomic E-state index is 0. The van der Waals surface area contributed by atoms with Crippen LogP contribution in [-0.4, -0.2) is 26.3 Å². The van der Waals surface area contributed by atoms with Crippen LogP contribution in [0, 0.1) is 0 Å². The minimum Gasteiger partial charge on any atom is -0.377 e. The lowest BCUT2D eigenvalue weighted by Crippen LogP contribution is -2.22. The van der Waals surface area contributed by atoms with Gasteiger partial charge in [0.25, 0.3) is 0 Å². The molecule has 1 N–H and O–H groups in total. The van der Waals surface area contributed by atoms with Gasteiger partial charge in [-0.05, 0) is 19.9 Å². The van der Waals surface area contributed by atoms with Crippen LogP contribution in [0.1, 0.15) is 12.8 Å². The minimum absolute atomic E-state index is 0. The first kappa shape index (κ1) is 9.21. The summed E-state index contributed by atoms with van der Waals surface area (Å²) in [6, 6.07) is 0. The molecule has 56 valence electrons. The Labute approximate surface area is 62.4 Å². The molecular formula is C6H14ClNO. The Balaban J connectivity index is 0.000000640. The predicted octanol–water partition coefficient (Wildman–Crippen LogP) is 0.807. The van der Waals surface area contributed by atoms with Crippen LogP contribution >= 0.6 is 12.4 Å². The van der Waals surface area contributed by atoms with Crippen molar-refractivity contribution < 1.29 is 4.74 Å². The van der Waals surface area contributed by atoms with E-state index in [9.17, 15) is 0 Å². The maximum Gasteiger partial charge on any atom is 0.0700 e. The van der Waals surface area contributed by atoms with Gasteiger partial charge in [0.2, 0.25) is 0 Å². The van der Waals surface area contributed by atoms with E-state index < -0.39 is 0 Å². The van der Waals surface area contributed by atoms with E-state index in [4.69, 9.17) is 4.74 Å². The second-order valence-corrected chi connectivity index (χ2v) is 2.19. The SMILES string of the molecule is CNCC1CCCO1.Cl. The molecule has 0 amide bonds. The summed E-state index contributed by atoms with van der Waals surface area (Å²) in [6.45, 7) is 1.98. The largest absolute Gasteiger partial charge is 0.377 e. The van der Waals surface area contributed by atoms with Crippen molar-refractivity contribution >= 4 is 12.4 Å². The molecule has 0 saturated carbocycles. The number of ether oxygens (including phenoxy) is 1. The van der Waals surface area contributed by atoms with Gasteiger partial charge in [-0.25, -0.2) is 0 Å². The van der Waals surface area contributed by atoms with E-state index in [1.54, 1.807) is 0 Å². The van der Waals surface area contributed by atoms with E-state index in [2.05, 4.69) is 5.32 Å². The summed E-state index contributed by atoms with van der Waals surface area (Å²) in [6.07, 6.45) is 2.98. The first-order chi connectivity index (χ1) is 3.93. The summed E-state index contributed by atoms with van der Waals surface area (Å²) < 4.78 is 5.33. The molecule has 1 saturated heterocycles. The van der Waals surface area contributed by atoms with E-state index in [1.165, 1.54) is 12.8 Å². The molecule has 0 spiro atoms. The molecule has 9 heavy (non-hydrogen) atoms. The summed E-state index contributed by atoms with van der Waals surface area (Å²) in [7, 11) is 1.96. The molecule has 1 aliphatic heterocycles. The smallest absolute Gasteiger partial charge is 0.0700 e. The van der Waals surface area contributed by atoms with E-state index >= 15 is 0 Å². The van der Waals surface area contributed by atoms with Crippen LogP contribution in [0.2, 0.25) is 0 Å². The Kier molecular flexibility index (Phi) is 5.15. The molecule has 3 heteroatoms. The Hall–Kier alpha value is 0.210. The van der Waals surface area contributed by atoms with Crippen molar-refractivity contribution in [2.45, 2.75) is 18.9 Å². The Morgan fingerprint density at radius 2 is 2.44 bits per heavy atom. The molecule has 1 heterocycles. The first-order valence-corrected chi connectivity index (χ1v) is 3.19. The third-order valence-electron chi connectivity index (χ3n) is 1.46. The predicted molar refractivity (Wildman–Crippen MR) is 40.1 cm³/mol. The standard InChI is InChI=1S/C6H13NO.ClH/c1-7-5-6-3-2-4-8-6;/h6-7H,2-5H2,1H3;1H. The molecule has 0 radical (unpaired) electrons. The zero-order valence-electron chi connectivity index (χ0n) is 5.72. The van der Waals surface area contributed by atoms with E-state index in [1.807, 2.05) is 7.05 Å². The van der Waals surface area contributed by atoms with Crippen LogP contribution < -0.4 is 5.32 Å². The molecule has 0 aromatic heterocycles.